The Morgan fingerprint density at radius 2 is 1.71 bits per heavy atom. The van der Waals surface area contributed by atoms with Crippen molar-refractivity contribution in [3.05, 3.63) is 41.4 Å². The highest BCUT2D eigenvalue weighted by atomic mass is 35.5. The van der Waals surface area contributed by atoms with E-state index in [0.29, 0.717) is 0 Å². The minimum Gasteiger partial charge on any atom is -0.468 e. The molecule has 31 heavy (non-hydrogen) atoms. The van der Waals surface area contributed by atoms with Crippen LogP contribution in [0.1, 0.15) is 6.42 Å². The molecule has 0 atom stereocenters. The van der Waals surface area contributed by atoms with E-state index in [0.717, 1.165) is 63.0 Å². The van der Waals surface area contributed by atoms with E-state index in [1.165, 1.54) is 21.2 Å². The monoisotopic (exact) mass is 463 g/mol. The minimum absolute atomic E-state index is 0.241. The molecule has 2 aromatic rings. The van der Waals surface area contributed by atoms with Crippen LogP contribution in [0, 0.1) is 0 Å². The molecule has 0 aliphatic carbocycles. The predicted molar refractivity (Wildman–Crippen MR) is 126 cm³/mol. The zero-order chi connectivity index (χ0) is 21.6. The van der Waals surface area contributed by atoms with Crippen LogP contribution in [-0.2, 0) is 4.74 Å². The van der Waals surface area contributed by atoms with Crippen molar-refractivity contribution in [2.45, 2.75) is 16.2 Å². The zero-order valence-corrected chi connectivity index (χ0v) is 19.5. The Labute approximate surface area is 193 Å². The summed E-state index contributed by atoms with van der Waals surface area (Å²) in [6.45, 7) is 7.46. The van der Waals surface area contributed by atoms with E-state index in [1.807, 2.05) is 12.1 Å². The van der Waals surface area contributed by atoms with Crippen molar-refractivity contribution >= 4 is 34.7 Å². The van der Waals surface area contributed by atoms with Crippen LogP contribution in [-0.4, -0.2) is 81.2 Å². The van der Waals surface area contributed by atoms with Crippen molar-refractivity contribution in [1.82, 2.24) is 9.80 Å². The number of aliphatic hydroxyl groups is 1. The molecule has 1 N–H and O–H groups in total. The minimum atomic E-state index is 0.241. The second-order valence-corrected chi connectivity index (χ2v) is 9.33. The summed E-state index contributed by atoms with van der Waals surface area (Å²) in [5, 5.41) is 9.88. The van der Waals surface area contributed by atoms with Gasteiger partial charge in [-0.1, -0.05) is 23.4 Å². The molecule has 1 saturated heterocycles. The fraction of sp³-hybridized carbons (Fsp3) is 0.478. The number of β-amino-alcohol motifs (C(OH)–C–C–N with tert-alkyl or cyclic N) is 1. The van der Waals surface area contributed by atoms with Gasteiger partial charge in [-0.15, -0.1) is 0 Å². The molecule has 0 saturated carbocycles. The molecule has 2 aliphatic rings. The van der Waals surface area contributed by atoms with Gasteiger partial charge in [0, 0.05) is 61.2 Å². The third-order valence-corrected chi connectivity index (χ3v) is 7.08. The molecule has 2 aromatic carbocycles. The number of ether oxygens (including phenoxy) is 2. The van der Waals surface area contributed by atoms with Crippen molar-refractivity contribution in [2.75, 3.05) is 71.2 Å². The second kappa shape index (κ2) is 10.9. The van der Waals surface area contributed by atoms with Crippen LogP contribution >= 0.6 is 23.4 Å². The number of halogens is 1. The molecular formula is C23H30ClN3O3S. The number of anilines is 2. The highest BCUT2D eigenvalue weighted by Gasteiger charge is 2.25. The summed E-state index contributed by atoms with van der Waals surface area (Å²) in [7, 11) is 1.63. The number of nitrogens with zero attached hydrogens (tertiary/aromatic N) is 3. The van der Waals surface area contributed by atoms with E-state index in [1.54, 1.807) is 18.9 Å². The number of hydrogen-bond donors (Lipinski definition) is 1. The van der Waals surface area contributed by atoms with Crippen LogP contribution in [0.4, 0.5) is 11.4 Å². The lowest BCUT2D eigenvalue weighted by atomic mass is 10.2. The summed E-state index contributed by atoms with van der Waals surface area (Å²) >= 11 is 8.10. The summed E-state index contributed by atoms with van der Waals surface area (Å²) in [6.07, 6.45) is 1.07. The summed E-state index contributed by atoms with van der Waals surface area (Å²) in [4.78, 5) is 9.62. The first-order valence-electron chi connectivity index (χ1n) is 10.7. The molecule has 8 heteroatoms. The quantitative estimate of drug-likeness (QED) is 0.565. The van der Waals surface area contributed by atoms with Gasteiger partial charge in [-0.3, -0.25) is 4.90 Å². The van der Waals surface area contributed by atoms with Gasteiger partial charge in [-0.25, -0.2) is 0 Å². The van der Waals surface area contributed by atoms with Crippen molar-refractivity contribution in [3.8, 4) is 5.75 Å². The lowest BCUT2D eigenvalue weighted by Crippen LogP contribution is -2.47. The average molecular weight is 464 g/mol. The van der Waals surface area contributed by atoms with E-state index >= 15 is 0 Å². The fourth-order valence-electron chi connectivity index (χ4n) is 4.12. The molecular weight excluding hydrogens is 434 g/mol. The number of rotatable bonds is 9. The van der Waals surface area contributed by atoms with Crippen molar-refractivity contribution in [3.63, 3.8) is 0 Å². The predicted octanol–water partition coefficient (Wildman–Crippen LogP) is 3.93. The maximum absolute atomic E-state index is 9.12. The van der Waals surface area contributed by atoms with E-state index in [9.17, 15) is 0 Å². The molecule has 2 heterocycles. The van der Waals surface area contributed by atoms with Gasteiger partial charge in [-0.2, -0.15) is 0 Å². The van der Waals surface area contributed by atoms with Gasteiger partial charge in [0.05, 0.1) is 18.0 Å². The number of methoxy groups -OCH3 is 1. The topological polar surface area (TPSA) is 48.4 Å². The lowest BCUT2D eigenvalue weighted by Gasteiger charge is -2.36. The lowest BCUT2D eigenvalue weighted by molar-refractivity contribution is 0.0510. The molecule has 0 radical (unpaired) electrons. The Balaban J connectivity index is 1.44. The highest BCUT2D eigenvalue weighted by Crippen LogP contribution is 2.49. The van der Waals surface area contributed by atoms with Gasteiger partial charge < -0.3 is 24.4 Å². The van der Waals surface area contributed by atoms with E-state index < -0.39 is 0 Å². The van der Waals surface area contributed by atoms with Gasteiger partial charge in [0.2, 0.25) is 0 Å². The normalized spacial score (nSPS) is 16.8. The van der Waals surface area contributed by atoms with Crippen LogP contribution in [0.5, 0.6) is 5.75 Å². The summed E-state index contributed by atoms with van der Waals surface area (Å²) < 4.78 is 10.7. The fourth-order valence-corrected chi connectivity index (χ4v) is 5.39. The van der Waals surface area contributed by atoms with Crippen molar-refractivity contribution in [2.24, 2.45) is 0 Å². The average Bonchev–Trinajstić information content (AvgIpc) is 2.78. The molecule has 1 fully saturated rings. The van der Waals surface area contributed by atoms with Crippen LogP contribution in [0.15, 0.2) is 46.2 Å². The van der Waals surface area contributed by atoms with Gasteiger partial charge in [-0.05, 0) is 49.4 Å². The number of hydrogen-bond acceptors (Lipinski definition) is 7. The molecule has 2 aliphatic heterocycles. The molecule has 0 bridgehead atoms. The molecule has 168 valence electrons. The Morgan fingerprint density at radius 3 is 2.45 bits per heavy atom. The first kappa shape index (κ1) is 22.7. The third-order valence-electron chi connectivity index (χ3n) is 5.73. The molecule has 6 nitrogen and oxygen atoms in total. The number of fused-ring (bicyclic) bond motifs is 2. The Bertz CT molecular complexity index is 877. The third kappa shape index (κ3) is 5.66. The van der Waals surface area contributed by atoms with E-state index in [2.05, 4.69) is 39.0 Å². The second-order valence-electron chi connectivity index (χ2n) is 7.81. The van der Waals surface area contributed by atoms with Gasteiger partial charge >= 0.3 is 0 Å². The molecule has 0 aromatic heterocycles. The first-order chi connectivity index (χ1) is 15.2. The maximum Gasteiger partial charge on any atom is 0.188 e. The van der Waals surface area contributed by atoms with E-state index in [-0.39, 0.29) is 13.4 Å². The molecule has 0 amide bonds. The standard InChI is InChI=1S/C23H30ClN3O3S/c1-29-17-30-19-4-5-20-23(16-19)31-22-6-3-18(24)15-21(22)27(20)8-2-7-25-9-11-26(12-10-25)13-14-28/h3-6,15-16,28H,2,7-14,17H2,1H3. The largest absolute Gasteiger partial charge is 0.468 e. The molecule has 4 rings (SSSR count). The van der Waals surface area contributed by atoms with Crippen LogP contribution in [0.25, 0.3) is 0 Å². The number of benzene rings is 2. The maximum atomic E-state index is 9.12. The summed E-state index contributed by atoms with van der Waals surface area (Å²) in [6, 6.07) is 12.3. The van der Waals surface area contributed by atoms with Gasteiger partial charge in [0.1, 0.15) is 5.75 Å². The first-order valence-corrected chi connectivity index (χ1v) is 11.9. The van der Waals surface area contributed by atoms with Crippen LogP contribution in [0.3, 0.4) is 0 Å². The van der Waals surface area contributed by atoms with Crippen molar-refractivity contribution < 1.29 is 14.6 Å². The summed E-state index contributed by atoms with van der Waals surface area (Å²) in [5.41, 5.74) is 2.36. The van der Waals surface area contributed by atoms with Gasteiger partial charge in [0.25, 0.3) is 0 Å². The van der Waals surface area contributed by atoms with Crippen LogP contribution in [0.2, 0.25) is 5.02 Å². The van der Waals surface area contributed by atoms with E-state index in [4.69, 9.17) is 26.2 Å². The SMILES string of the molecule is COCOc1ccc2c(c1)Sc1ccc(Cl)cc1N2CCCN1CCN(CCO)CC1. The Hall–Kier alpha value is -1.48. The molecule has 0 spiro atoms. The van der Waals surface area contributed by atoms with Crippen LogP contribution < -0.4 is 9.64 Å². The van der Waals surface area contributed by atoms with Crippen molar-refractivity contribution in [1.29, 1.82) is 0 Å². The zero-order valence-electron chi connectivity index (χ0n) is 17.9. The Kier molecular flexibility index (Phi) is 7.98. The molecule has 0 unspecified atom stereocenters. The summed E-state index contributed by atoms with van der Waals surface area (Å²) in [5.74, 6) is 0.811. The Morgan fingerprint density at radius 1 is 0.935 bits per heavy atom. The van der Waals surface area contributed by atoms with Gasteiger partial charge in [0.15, 0.2) is 6.79 Å². The number of piperazine rings is 1. The number of aliphatic hydroxyl groups excluding tert-OH is 1. The highest BCUT2D eigenvalue weighted by molar-refractivity contribution is 7.99. The smallest absolute Gasteiger partial charge is 0.188 e.